The molecule has 0 atom stereocenters. The van der Waals surface area contributed by atoms with Crippen LogP contribution < -0.4 is 4.74 Å². The molecule has 1 aromatic heterocycles. The van der Waals surface area contributed by atoms with Gasteiger partial charge < -0.3 is 4.74 Å². The molecule has 0 amide bonds. The SMILES string of the molecule is Cc1cc(C)nc(Oc2ccc(F)cc2Br)n1. The van der Waals surface area contributed by atoms with Crippen molar-refractivity contribution < 1.29 is 9.13 Å². The minimum Gasteiger partial charge on any atom is -0.423 e. The minimum atomic E-state index is -0.328. The Morgan fingerprint density at radius 3 is 2.35 bits per heavy atom. The van der Waals surface area contributed by atoms with E-state index in [9.17, 15) is 4.39 Å². The Bertz CT molecular complexity index is 540. The molecule has 1 aromatic carbocycles. The van der Waals surface area contributed by atoms with E-state index in [1.54, 1.807) is 0 Å². The zero-order valence-electron chi connectivity index (χ0n) is 9.37. The highest BCUT2D eigenvalue weighted by Crippen LogP contribution is 2.28. The largest absolute Gasteiger partial charge is 0.423 e. The summed E-state index contributed by atoms with van der Waals surface area (Å²) in [5.41, 5.74) is 1.65. The van der Waals surface area contributed by atoms with Crippen molar-refractivity contribution in [2.24, 2.45) is 0 Å². The van der Waals surface area contributed by atoms with Gasteiger partial charge in [-0.15, -0.1) is 0 Å². The maximum Gasteiger partial charge on any atom is 0.322 e. The van der Waals surface area contributed by atoms with Crippen LogP contribution in [0.3, 0.4) is 0 Å². The average Bonchev–Trinajstić information content (AvgIpc) is 2.21. The van der Waals surface area contributed by atoms with E-state index < -0.39 is 0 Å². The van der Waals surface area contributed by atoms with Crippen LogP contribution in [0.15, 0.2) is 28.7 Å². The minimum absolute atomic E-state index is 0.259. The Labute approximate surface area is 107 Å². The smallest absolute Gasteiger partial charge is 0.322 e. The molecule has 0 aliphatic carbocycles. The molecule has 2 rings (SSSR count). The lowest BCUT2D eigenvalue weighted by molar-refractivity contribution is 0.435. The van der Waals surface area contributed by atoms with Crippen LogP contribution in [0.2, 0.25) is 0 Å². The highest BCUT2D eigenvalue weighted by Gasteiger charge is 2.07. The summed E-state index contributed by atoms with van der Waals surface area (Å²) < 4.78 is 18.9. The van der Waals surface area contributed by atoms with E-state index in [1.165, 1.54) is 18.2 Å². The van der Waals surface area contributed by atoms with E-state index in [4.69, 9.17) is 4.74 Å². The number of nitrogens with zero attached hydrogens (tertiary/aromatic N) is 2. The Balaban J connectivity index is 2.31. The van der Waals surface area contributed by atoms with Gasteiger partial charge >= 0.3 is 6.01 Å². The van der Waals surface area contributed by atoms with E-state index in [2.05, 4.69) is 25.9 Å². The lowest BCUT2D eigenvalue weighted by atomic mass is 10.3. The number of rotatable bonds is 2. The summed E-state index contributed by atoms with van der Waals surface area (Å²) in [6.07, 6.45) is 0. The van der Waals surface area contributed by atoms with Gasteiger partial charge in [0.2, 0.25) is 0 Å². The second-order valence-electron chi connectivity index (χ2n) is 3.61. The predicted octanol–water partition coefficient (Wildman–Crippen LogP) is 3.79. The van der Waals surface area contributed by atoms with E-state index in [0.717, 1.165) is 11.4 Å². The summed E-state index contributed by atoms with van der Waals surface area (Å²) in [5.74, 6) is 0.155. The summed E-state index contributed by atoms with van der Waals surface area (Å²) in [4.78, 5) is 8.29. The third-order valence-corrected chi connectivity index (χ3v) is 2.68. The van der Waals surface area contributed by atoms with Gasteiger partial charge in [0.15, 0.2) is 0 Å². The molecule has 0 aliphatic heterocycles. The quantitative estimate of drug-likeness (QED) is 0.846. The van der Waals surface area contributed by atoms with Crippen molar-refractivity contribution >= 4 is 15.9 Å². The lowest BCUT2D eigenvalue weighted by Crippen LogP contribution is -1.96. The van der Waals surface area contributed by atoms with Gasteiger partial charge in [0.25, 0.3) is 0 Å². The Kier molecular flexibility index (Phi) is 3.38. The maximum atomic E-state index is 12.9. The van der Waals surface area contributed by atoms with Crippen molar-refractivity contribution in [2.45, 2.75) is 13.8 Å². The number of hydrogen-bond donors (Lipinski definition) is 0. The molecule has 5 heteroatoms. The first-order chi connectivity index (χ1) is 8.04. The first-order valence-corrected chi connectivity index (χ1v) is 5.79. The first-order valence-electron chi connectivity index (χ1n) is 5.00. The van der Waals surface area contributed by atoms with Crippen LogP contribution in [0, 0.1) is 19.7 Å². The van der Waals surface area contributed by atoms with Crippen LogP contribution in [-0.4, -0.2) is 9.97 Å². The van der Waals surface area contributed by atoms with Gasteiger partial charge in [0.05, 0.1) is 4.47 Å². The molecule has 17 heavy (non-hydrogen) atoms. The normalized spacial score (nSPS) is 10.4. The highest BCUT2D eigenvalue weighted by molar-refractivity contribution is 9.10. The van der Waals surface area contributed by atoms with E-state index >= 15 is 0 Å². The number of aryl methyl sites for hydroxylation is 2. The first kappa shape index (κ1) is 12.0. The van der Waals surface area contributed by atoms with Gasteiger partial charge in [-0.05, 0) is 54.0 Å². The summed E-state index contributed by atoms with van der Waals surface area (Å²) in [6.45, 7) is 3.72. The molecule has 0 saturated heterocycles. The van der Waals surface area contributed by atoms with Crippen LogP contribution in [-0.2, 0) is 0 Å². The number of ether oxygens (including phenoxy) is 1. The summed E-state index contributed by atoms with van der Waals surface area (Å²) in [6, 6.07) is 6.29. The molecule has 88 valence electrons. The fraction of sp³-hybridized carbons (Fsp3) is 0.167. The standard InChI is InChI=1S/C12H10BrFN2O/c1-7-5-8(2)16-12(15-7)17-11-4-3-9(14)6-10(11)13/h3-6H,1-2H3. The molecular weight excluding hydrogens is 287 g/mol. The zero-order chi connectivity index (χ0) is 12.4. The molecule has 0 unspecified atom stereocenters. The topological polar surface area (TPSA) is 35.0 Å². The summed E-state index contributed by atoms with van der Waals surface area (Å²) in [5, 5.41) is 0. The maximum absolute atomic E-state index is 12.9. The molecule has 0 radical (unpaired) electrons. The molecule has 2 aromatic rings. The molecule has 0 bridgehead atoms. The van der Waals surface area contributed by atoms with Gasteiger partial charge in [0, 0.05) is 11.4 Å². The highest BCUT2D eigenvalue weighted by atomic mass is 79.9. The van der Waals surface area contributed by atoms with Gasteiger partial charge in [-0.1, -0.05) is 0 Å². The molecule has 3 nitrogen and oxygen atoms in total. The zero-order valence-corrected chi connectivity index (χ0v) is 11.0. The molecular formula is C12H10BrFN2O. The van der Waals surface area contributed by atoms with Crippen molar-refractivity contribution in [3.8, 4) is 11.8 Å². The van der Waals surface area contributed by atoms with Crippen molar-refractivity contribution in [3.05, 3.63) is 45.9 Å². The van der Waals surface area contributed by atoms with E-state index in [0.29, 0.717) is 10.2 Å². The van der Waals surface area contributed by atoms with E-state index in [-0.39, 0.29) is 11.8 Å². The van der Waals surface area contributed by atoms with Gasteiger partial charge in [-0.3, -0.25) is 0 Å². The fourth-order valence-electron chi connectivity index (χ4n) is 1.40. The van der Waals surface area contributed by atoms with Crippen LogP contribution in [0.25, 0.3) is 0 Å². The van der Waals surface area contributed by atoms with Gasteiger partial charge in [-0.2, -0.15) is 0 Å². The molecule has 0 fully saturated rings. The monoisotopic (exact) mass is 296 g/mol. The number of hydrogen-bond acceptors (Lipinski definition) is 3. The Morgan fingerprint density at radius 2 is 1.76 bits per heavy atom. The average molecular weight is 297 g/mol. The van der Waals surface area contributed by atoms with Crippen LogP contribution in [0.4, 0.5) is 4.39 Å². The summed E-state index contributed by atoms with van der Waals surface area (Å²) >= 11 is 3.22. The van der Waals surface area contributed by atoms with Crippen LogP contribution >= 0.6 is 15.9 Å². The lowest BCUT2D eigenvalue weighted by Gasteiger charge is -2.07. The Morgan fingerprint density at radius 1 is 1.12 bits per heavy atom. The van der Waals surface area contributed by atoms with Crippen molar-refractivity contribution in [1.82, 2.24) is 9.97 Å². The molecule has 0 saturated carbocycles. The fourth-order valence-corrected chi connectivity index (χ4v) is 1.83. The van der Waals surface area contributed by atoms with Gasteiger partial charge in [0.1, 0.15) is 11.6 Å². The van der Waals surface area contributed by atoms with Crippen molar-refractivity contribution in [3.63, 3.8) is 0 Å². The molecule has 0 spiro atoms. The number of aromatic nitrogens is 2. The van der Waals surface area contributed by atoms with Crippen LogP contribution in [0.5, 0.6) is 11.8 Å². The Hall–Kier alpha value is -1.49. The number of benzene rings is 1. The second kappa shape index (κ2) is 4.79. The van der Waals surface area contributed by atoms with E-state index in [1.807, 2.05) is 19.9 Å². The molecule has 0 aliphatic rings. The van der Waals surface area contributed by atoms with Crippen molar-refractivity contribution in [2.75, 3.05) is 0 Å². The third kappa shape index (κ3) is 3.00. The summed E-state index contributed by atoms with van der Waals surface area (Å²) in [7, 11) is 0. The van der Waals surface area contributed by atoms with Crippen LogP contribution in [0.1, 0.15) is 11.4 Å². The second-order valence-corrected chi connectivity index (χ2v) is 4.46. The molecule has 1 heterocycles. The number of halogens is 2. The van der Waals surface area contributed by atoms with Gasteiger partial charge in [-0.25, -0.2) is 14.4 Å². The molecule has 0 N–H and O–H groups in total. The predicted molar refractivity (Wildman–Crippen MR) is 65.7 cm³/mol. The van der Waals surface area contributed by atoms with Crippen molar-refractivity contribution in [1.29, 1.82) is 0 Å². The third-order valence-electron chi connectivity index (χ3n) is 2.06.